The third-order valence-electron chi connectivity index (χ3n) is 7.57. The van der Waals surface area contributed by atoms with E-state index in [2.05, 4.69) is 5.32 Å². The highest BCUT2D eigenvalue weighted by molar-refractivity contribution is 7.87. The molecular formula is C20H33N3O5S. The lowest BCUT2D eigenvalue weighted by Crippen LogP contribution is -2.62. The second-order valence-corrected chi connectivity index (χ2v) is 12.4. The van der Waals surface area contributed by atoms with Gasteiger partial charge in [-0.2, -0.15) is 17.0 Å². The van der Waals surface area contributed by atoms with Gasteiger partial charge in [-0.1, -0.05) is 20.8 Å². The highest BCUT2D eigenvalue weighted by Crippen LogP contribution is 2.53. The summed E-state index contributed by atoms with van der Waals surface area (Å²) < 4.78 is 27.5. The normalized spacial score (nSPS) is 38.8. The molecule has 2 amide bonds. The maximum Gasteiger partial charge on any atom is 0.422 e. The molecule has 164 valence electrons. The fourth-order valence-corrected chi connectivity index (χ4v) is 8.32. The number of hydrogen-bond acceptors (Lipinski definition) is 4. The molecule has 5 aliphatic rings. The van der Waals surface area contributed by atoms with Crippen molar-refractivity contribution in [2.45, 2.75) is 71.4 Å². The van der Waals surface area contributed by atoms with Gasteiger partial charge in [0.2, 0.25) is 5.91 Å². The van der Waals surface area contributed by atoms with Gasteiger partial charge in [0.15, 0.2) is 0 Å². The van der Waals surface area contributed by atoms with Gasteiger partial charge < -0.3 is 10.4 Å². The zero-order chi connectivity index (χ0) is 21.1. The van der Waals surface area contributed by atoms with Crippen LogP contribution >= 0.6 is 0 Å². The van der Waals surface area contributed by atoms with E-state index in [1.807, 2.05) is 20.8 Å². The van der Waals surface area contributed by atoms with Gasteiger partial charge in [-0.15, -0.1) is 0 Å². The molecule has 1 atom stereocenters. The summed E-state index contributed by atoms with van der Waals surface area (Å²) in [6.07, 6.45) is 4.89. The highest BCUT2D eigenvalue weighted by Gasteiger charge is 2.50. The van der Waals surface area contributed by atoms with Crippen molar-refractivity contribution >= 4 is 22.2 Å². The van der Waals surface area contributed by atoms with E-state index in [0.29, 0.717) is 22.6 Å². The predicted octanol–water partition coefficient (Wildman–Crippen LogP) is 2.27. The van der Waals surface area contributed by atoms with Crippen molar-refractivity contribution < 1.29 is 23.1 Å². The first kappa shape index (κ1) is 20.9. The first-order valence-electron chi connectivity index (χ1n) is 10.8. The van der Waals surface area contributed by atoms with Gasteiger partial charge in [-0.25, -0.2) is 4.79 Å². The highest BCUT2D eigenvalue weighted by atomic mass is 32.2. The van der Waals surface area contributed by atoms with E-state index < -0.39 is 27.8 Å². The molecule has 1 unspecified atom stereocenters. The van der Waals surface area contributed by atoms with Crippen molar-refractivity contribution in [3.8, 4) is 0 Å². The fraction of sp³-hybridized carbons (Fsp3) is 0.900. The summed E-state index contributed by atoms with van der Waals surface area (Å²) in [6.45, 7) is 5.34. The average molecular weight is 428 g/mol. The molecule has 0 aromatic rings. The molecule has 4 aliphatic carbocycles. The molecule has 4 saturated carbocycles. The maximum atomic E-state index is 13.0. The first-order valence-corrected chi connectivity index (χ1v) is 12.2. The number of rotatable bonds is 3. The summed E-state index contributed by atoms with van der Waals surface area (Å²) in [5.41, 5.74) is -0.514. The minimum absolute atomic E-state index is 0.140. The Kier molecular flexibility index (Phi) is 5.13. The van der Waals surface area contributed by atoms with E-state index >= 15 is 0 Å². The lowest BCUT2D eigenvalue weighted by Gasteiger charge is -2.54. The minimum Gasteiger partial charge on any atom is -0.464 e. The van der Waals surface area contributed by atoms with E-state index in [9.17, 15) is 23.1 Å². The van der Waals surface area contributed by atoms with Crippen molar-refractivity contribution in [3.05, 3.63) is 0 Å². The molecule has 5 rings (SSSR count). The van der Waals surface area contributed by atoms with Gasteiger partial charge in [0, 0.05) is 12.6 Å². The molecule has 29 heavy (non-hydrogen) atoms. The van der Waals surface area contributed by atoms with E-state index in [0.717, 1.165) is 16.1 Å². The zero-order valence-corrected chi connectivity index (χ0v) is 18.3. The van der Waals surface area contributed by atoms with Crippen LogP contribution in [0.5, 0.6) is 0 Å². The monoisotopic (exact) mass is 427 g/mol. The SMILES string of the molecule is CC(C)(C)C1CCN(CC(=O)NC2C3CC4CC(C3)CC2C4)S(=O)(=O)N1C(=O)O. The summed E-state index contributed by atoms with van der Waals surface area (Å²) in [5.74, 6) is 2.30. The Hall–Kier alpha value is -1.35. The number of carboxylic acid groups (broad SMARTS) is 1. The number of hydrogen-bond donors (Lipinski definition) is 2. The van der Waals surface area contributed by atoms with Crippen molar-refractivity contribution in [3.63, 3.8) is 0 Å². The van der Waals surface area contributed by atoms with Crippen LogP contribution in [0.2, 0.25) is 0 Å². The Balaban J connectivity index is 1.44. The van der Waals surface area contributed by atoms with Crippen LogP contribution in [-0.2, 0) is 15.0 Å². The third-order valence-corrected chi connectivity index (χ3v) is 9.44. The predicted molar refractivity (Wildman–Crippen MR) is 107 cm³/mol. The molecule has 5 fully saturated rings. The summed E-state index contributed by atoms with van der Waals surface area (Å²) in [4.78, 5) is 24.5. The van der Waals surface area contributed by atoms with E-state index in [-0.39, 0.29) is 25.0 Å². The third kappa shape index (κ3) is 3.76. The molecule has 8 nitrogen and oxygen atoms in total. The average Bonchev–Trinajstić information content (AvgIpc) is 2.57. The quantitative estimate of drug-likeness (QED) is 0.718. The maximum absolute atomic E-state index is 13.0. The standard InChI is InChI=1S/C20H33N3O5S/c1-20(2,3)16-4-5-22(29(27,28)23(16)19(25)26)11-17(24)21-18-14-7-12-6-13(9-14)10-15(18)8-12/h12-16,18H,4-11H2,1-3H3,(H,21,24)(H,25,26). The molecular weight excluding hydrogens is 394 g/mol. The first-order chi connectivity index (χ1) is 13.5. The van der Waals surface area contributed by atoms with Crippen LogP contribution in [0.15, 0.2) is 0 Å². The Morgan fingerprint density at radius 2 is 1.59 bits per heavy atom. The van der Waals surface area contributed by atoms with Crippen LogP contribution in [0, 0.1) is 29.1 Å². The lowest BCUT2D eigenvalue weighted by atomic mass is 9.54. The molecule has 1 saturated heterocycles. The molecule has 9 heteroatoms. The molecule has 1 heterocycles. The van der Waals surface area contributed by atoms with Gasteiger partial charge in [0.1, 0.15) is 0 Å². The van der Waals surface area contributed by atoms with Crippen LogP contribution in [0.25, 0.3) is 0 Å². The molecule has 0 spiro atoms. The molecule has 0 radical (unpaired) electrons. The zero-order valence-electron chi connectivity index (χ0n) is 17.5. The Morgan fingerprint density at radius 3 is 2.07 bits per heavy atom. The van der Waals surface area contributed by atoms with Gasteiger partial charge >= 0.3 is 16.3 Å². The summed E-state index contributed by atoms with van der Waals surface area (Å²) in [7, 11) is -4.25. The summed E-state index contributed by atoms with van der Waals surface area (Å²) in [6, 6.07) is -0.505. The number of amides is 2. The van der Waals surface area contributed by atoms with Crippen LogP contribution in [-0.4, -0.2) is 59.3 Å². The van der Waals surface area contributed by atoms with E-state index in [4.69, 9.17) is 0 Å². The molecule has 0 aromatic carbocycles. The number of carbonyl (C=O) groups is 2. The van der Waals surface area contributed by atoms with Gasteiger partial charge in [0.25, 0.3) is 0 Å². The molecule has 0 aromatic heterocycles. The van der Waals surface area contributed by atoms with Crippen LogP contribution in [0.1, 0.15) is 59.3 Å². The number of carbonyl (C=O) groups excluding carboxylic acids is 1. The molecule has 4 bridgehead atoms. The Morgan fingerprint density at radius 1 is 1.03 bits per heavy atom. The van der Waals surface area contributed by atoms with Gasteiger partial charge in [-0.05, 0) is 67.6 Å². The van der Waals surface area contributed by atoms with Crippen LogP contribution in [0.3, 0.4) is 0 Å². The van der Waals surface area contributed by atoms with E-state index in [1.165, 1.54) is 32.1 Å². The summed E-state index contributed by atoms with van der Waals surface area (Å²) >= 11 is 0. The topological polar surface area (TPSA) is 107 Å². The number of nitrogens with one attached hydrogen (secondary N) is 1. The van der Waals surface area contributed by atoms with Crippen molar-refractivity contribution in [1.82, 2.24) is 13.9 Å². The van der Waals surface area contributed by atoms with E-state index in [1.54, 1.807) is 0 Å². The Bertz CT molecular complexity index is 762. The molecule has 2 N–H and O–H groups in total. The van der Waals surface area contributed by atoms with Crippen molar-refractivity contribution in [2.75, 3.05) is 13.1 Å². The Labute approximate surface area is 173 Å². The smallest absolute Gasteiger partial charge is 0.422 e. The van der Waals surface area contributed by atoms with Crippen LogP contribution in [0.4, 0.5) is 4.79 Å². The lowest BCUT2D eigenvalue weighted by molar-refractivity contribution is -0.125. The fourth-order valence-electron chi connectivity index (χ4n) is 6.51. The second-order valence-electron chi connectivity index (χ2n) is 10.6. The minimum atomic E-state index is -4.25. The van der Waals surface area contributed by atoms with Crippen molar-refractivity contribution in [1.29, 1.82) is 0 Å². The second kappa shape index (κ2) is 7.11. The van der Waals surface area contributed by atoms with Crippen LogP contribution < -0.4 is 5.32 Å². The van der Waals surface area contributed by atoms with Gasteiger partial charge in [-0.3, -0.25) is 4.79 Å². The van der Waals surface area contributed by atoms with Crippen molar-refractivity contribution in [2.24, 2.45) is 29.1 Å². The number of nitrogens with zero attached hydrogens (tertiary/aromatic N) is 2. The summed E-state index contributed by atoms with van der Waals surface area (Å²) in [5, 5.41) is 12.7. The van der Waals surface area contributed by atoms with Gasteiger partial charge in [0.05, 0.1) is 12.6 Å². The largest absolute Gasteiger partial charge is 0.464 e. The molecule has 1 aliphatic heterocycles.